The van der Waals surface area contributed by atoms with Gasteiger partial charge in [-0.1, -0.05) is 12.1 Å². The summed E-state index contributed by atoms with van der Waals surface area (Å²) >= 11 is 0. The van der Waals surface area contributed by atoms with Crippen LogP contribution in [0.2, 0.25) is 0 Å². The van der Waals surface area contributed by atoms with E-state index in [1.165, 1.54) is 0 Å². The molecule has 0 saturated carbocycles. The molecule has 0 radical (unpaired) electrons. The number of aromatic nitrogens is 2. The van der Waals surface area contributed by atoms with E-state index < -0.39 is 17.5 Å². The van der Waals surface area contributed by atoms with E-state index in [9.17, 15) is 19.2 Å². The molecule has 156 valence electrons. The zero-order chi connectivity index (χ0) is 21.6. The van der Waals surface area contributed by atoms with Crippen LogP contribution in [0.3, 0.4) is 0 Å². The summed E-state index contributed by atoms with van der Waals surface area (Å²) in [5, 5.41) is 9.05. The molecular formula is C20H22N6O4. The molecule has 10 nitrogen and oxygen atoms in total. The van der Waals surface area contributed by atoms with E-state index in [0.29, 0.717) is 29.8 Å². The van der Waals surface area contributed by atoms with Crippen LogP contribution in [-0.4, -0.2) is 50.9 Å². The minimum atomic E-state index is -0.827. The first-order valence-corrected chi connectivity index (χ1v) is 9.62. The number of para-hydroxylation sites is 1. The Morgan fingerprint density at radius 2 is 2.03 bits per heavy atom. The number of hydrogen-bond acceptors (Lipinski definition) is 5. The number of H-pyrrole nitrogens is 1. The van der Waals surface area contributed by atoms with Gasteiger partial charge >= 0.3 is 0 Å². The Kier molecular flexibility index (Phi) is 4.56. The van der Waals surface area contributed by atoms with Crippen molar-refractivity contribution in [1.82, 2.24) is 15.1 Å². The molecule has 2 aromatic rings. The molecule has 4 rings (SSSR count). The number of anilines is 2. The van der Waals surface area contributed by atoms with Gasteiger partial charge in [-0.25, -0.2) is 0 Å². The monoisotopic (exact) mass is 410 g/mol. The smallest absolute Gasteiger partial charge is 0.271 e. The Bertz CT molecular complexity index is 1080. The number of nitrogens with zero attached hydrogens (tertiary/aromatic N) is 3. The molecule has 3 heterocycles. The number of nitrogens with one attached hydrogen (secondary N) is 2. The maximum atomic E-state index is 13.2. The number of carbonyl (C=O) groups is 4. The lowest BCUT2D eigenvalue weighted by Gasteiger charge is -2.48. The van der Waals surface area contributed by atoms with Crippen LogP contribution in [0.5, 0.6) is 0 Å². The number of rotatable bonds is 5. The normalized spacial score (nSPS) is 20.2. The summed E-state index contributed by atoms with van der Waals surface area (Å²) < 4.78 is 0. The first-order valence-electron chi connectivity index (χ1n) is 9.62. The molecule has 0 aliphatic carbocycles. The van der Waals surface area contributed by atoms with E-state index in [0.717, 1.165) is 0 Å². The van der Waals surface area contributed by atoms with Gasteiger partial charge in [0.05, 0.1) is 22.6 Å². The fourth-order valence-corrected chi connectivity index (χ4v) is 4.22. The lowest BCUT2D eigenvalue weighted by molar-refractivity contribution is -0.117. The van der Waals surface area contributed by atoms with Crippen molar-refractivity contribution in [2.75, 3.05) is 16.8 Å². The van der Waals surface area contributed by atoms with Gasteiger partial charge in [0.2, 0.25) is 11.8 Å². The molecule has 4 amide bonds. The number of benzene rings is 1. The second-order valence-corrected chi connectivity index (χ2v) is 7.65. The summed E-state index contributed by atoms with van der Waals surface area (Å²) in [6.45, 7) is 3.61. The molecule has 1 saturated heterocycles. The molecule has 10 heteroatoms. The Morgan fingerprint density at radius 1 is 1.30 bits per heavy atom. The van der Waals surface area contributed by atoms with Gasteiger partial charge in [0.15, 0.2) is 5.69 Å². The number of aryl methyl sites for hydroxylation is 1. The van der Waals surface area contributed by atoms with Gasteiger partial charge in [0.25, 0.3) is 11.8 Å². The summed E-state index contributed by atoms with van der Waals surface area (Å²) in [6.07, 6.45) is 0.797. The summed E-state index contributed by atoms with van der Waals surface area (Å²) in [4.78, 5) is 53.0. The minimum absolute atomic E-state index is 0.0195. The number of nitrogens with two attached hydrogens (primary N) is 1. The van der Waals surface area contributed by atoms with E-state index >= 15 is 0 Å². The standard InChI is InChI=1S/C20H22N6O4/c1-11-16(17(18(21)29)24-23-11)22-14(27)8-10-25-19(30)12-5-3-4-6-13(12)26-15(28)7-9-20(25,26)2/h3-6H,7-10H2,1-2H3,(H2,21,29)(H,22,27)(H,23,24). The number of amides is 4. The van der Waals surface area contributed by atoms with Crippen molar-refractivity contribution in [1.29, 1.82) is 0 Å². The van der Waals surface area contributed by atoms with Crippen LogP contribution in [-0.2, 0) is 9.59 Å². The number of hydrogen-bond donors (Lipinski definition) is 3. The largest absolute Gasteiger partial charge is 0.364 e. The minimum Gasteiger partial charge on any atom is -0.364 e. The maximum Gasteiger partial charge on any atom is 0.271 e. The zero-order valence-electron chi connectivity index (χ0n) is 16.7. The van der Waals surface area contributed by atoms with Gasteiger partial charge in [0, 0.05) is 19.4 Å². The third-order valence-electron chi connectivity index (χ3n) is 5.75. The van der Waals surface area contributed by atoms with Gasteiger partial charge in [-0.05, 0) is 32.4 Å². The van der Waals surface area contributed by atoms with E-state index in [-0.39, 0.29) is 36.2 Å². The fourth-order valence-electron chi connectivity index (χ4n) is 4.22. The highest BCUT2D eigenvalue weighted by molar-refractivity contribution is 6.10. The summed E-state index contributed by atoms with van der Waals surface area (Å²) in [5.41, 5.74) is 6.17. The van der Waals surface area contributed by atoms with Gasteiger partial charge in [-0.3, -0.25) is 29.2 Å². The predicted octanol–water partition coefficient (Wildman–Crippen LogP) is 1.14. The van der Waals surface area contributed by atoms with Crippen LogP contribution < -0.4 is 16.0 Å². The third kappa shape index (κ3) is 2.92. The molecule has 4 N–H and O–H groups in total. The lowest BCUT2D eigenvalue weighted by atomic mass is 9.98. The first-order chi connectivity index (χ1) is 14.2. The van der Waals surface area contributed by atoms with Gasteiger partial charge in [-0.2, -0.15) is 5.10 Å². The Hall–Kier alpha value is -3.69. The SMILES string of the molecule is Cc1[nH]nc(C(N)=O)c1NC(=O)CCN1C(=O)c2ccccc2N2C(=O)CCC12C. The van der Waals surface area contributed by atoms with Crippen molar-refractivity contribution in [3.63, 3.8) is 0 Å². The summed E-state index contributed by atoms with van der Waals surface area (Å²) in [7, 11) is 0. The Balaban J connectivity index is 1.56. The van der Waals surface area contributed by atoms with Crippen LogP contribution >= 0.6 is 0 Å². The van der Waals surface area contributed by atoms with Crippen molar-refractivity contribution in [2.24, 2.45) is 5.73 Å². The van der Waals surface area contributed by atoms with Gasteiger partial charge in [-0.15, -0.1) is 0 Å². The quantitative estimate of drug-likeness (QED) is 0.678. The van der Waals surface area contributed by atoms with Gasteiger partial charge < -0.3 is 16.0 Å². The lowest BCUT2D eigenvalue weighted by Crippen LogP contribution is -2.62. The van der Waals surface area contributed by atoms with Crippen LogP contribution in [0.1, 0.15) is 52.7 Å². The van der Waals surface area contributed by atoms with Crippen LogP contribution in [0.4, 0.5) is 11.4 Å². The highest BCUT2D eigenvalue weighted by Gasteiger charge is 2.52. The molecular weight excluding hydrogens is 388 g/mol. The maximum absolute atomic E-state index is 13.2. The van der Waals surface area contributed by atoms with E-state index in [1.54, 1.807) is 41.0 Å². The number of fused-ring (bicyclic) bond motifs is 3. The third-order valence-corrected chi connectivity index (χ3v) is 5.75. The average Bonchev–Trinajstić information content (AvgIpc) is 3.22. The van der Waals surface area contributed by atoms with Crippen molar-refractivity contribution >= 4 is 35.0 Å². The molecule has 30 heavy (non-hydrogen) atoms. The van der Waals surface area contributed by atoms with Gasteiger partial charge in [0.1, 0.15) is 5.66 Å². The highest BCUT2D eigenvalue weighted by atomic mass is 16.2. The van der Waals surface area contributed by atoms with Crippen molar-refractivity contribution in [3.05, 3.63) is 41.2 Å². The number of carbonyl (C=O) groups excluding carboxylic acids is 4. The van der Waals surface area contributed by atoms with Crippen LogP contribution in [0, 0.1) is 6.92 Å². The van der Waals surface area contributed by atoms with Crippen molar-refractivity contribution in [3.8, 4) is 0 Å². The summed E-state index contributed by atoms with van der Waals surface area (Å²) in [5.74, 6) is -1.42. The molecule has 2 aliphatic rings. The second-order valence-electron chi connectivity index (χ2n) is 7.65. The highest BCUT2D eigenvalue weighted by Crippen LogP contribution is 2.43. The molecule has 1 atom stereocenters. The molecule has 1 unspecified atom stereocenters. The summed E-state index contributed by atoms with van der Waals surface area (Å²) in [6, 6.07) is 7.00. The molecule has 0 spiro atoms. The molecule has 1 aromatic carbocycles. The van der Waals surface area contributed by atoms with E-state index in [2.05, 4.69) is 15.5 Å². The number of aromatic amines is 1. The van der Waals surface area contributed by atoms with Crippen LogP contribution in [0.25, 0.3) is 0 Å². The topological polar surface area (TPSA) is 141 Å². The van der Waals surface area contributed by atoms with Crippen molar-refractivity contribution in [2.45, 2.75) is 38.8 Å². The fraction of sp³-hybridized carbons (Fsp3) is 0.350. The molecule has 0 bridgehead atoms. The molecule has 1 fully saturated rings. The molecule has 1 aromatic heterocycles. The molecule has 2 aliphatic heterocycles. The zero-order valence-corrected chi connectivity index (χ0v) is 16.7. The van der Waals surface area contributed by atoms with E-state index in [1.807, 2.05) is 6.92 Å². The first kappa shape index (κ1) is 19.6. The average molecular weight is 410 g/mol. The predicted molar refractivity (Wildman–Crippen MR) is 108 cm³/mol. The number of primary amides is 1. The Morgan fingerprint density at radius 3 is 2.77 bits per heavy atom. The Labute approximate surface area is 172 Å². The van der Waals surface area contributed by atoms with Crippen molar-refractivity contribution < 1.29 is 19.2 Å². The van der Waals surface area contributed by atoms with E-state index in [4.69, 9.17) is 5.73 Å². The second kappa shape index (κ2) is 6.97. The van der Waals surface area contributed by atoms with Crippen LogP contribution in [0.15, 0.2) is 24.3 Å².